The predicted octanol–water partition coefficient (Wildman–Crippen LogP) is 2.42. The third-order valence-corrected chi connectivity index (χ3v) is 4.00. The molecule has 0 spiro atoms. The summed E-state index contributed by atoms with van der Waals surface area (Å²) in [5.74, 6) is -0.710. The first-order chi connectivity index (χ1) is 12.2. The smallest absolute Gasteiger partial charge is 0.271 e. The van der Waals surface area contributed by atoms with E-state index < -0.39 is 0 Å². The van der Waals surface area contributed by atoms with E-state index in [1.807, 2.05) is 12.1 Å². The molecule has 1 N–H and O–H groups in total. The highest BCUT2D eigenvalue weighted by Crippen LogP contribution is 2.09. The zero-order valence-corrected chi connectivity index (χ0v) is 13.8. The first kappa shape index (κ1) is 17.3. The summed E-state index contributed by atoms with van der Waals surface area (Å²) < 4.78 is 18.8. The molecule has 1 aliphatic heterocycles. The fourth-order valence-electron chi connectivity index (χ4n) is 2.58. The fourth-order valence-corrected chi connectivity index (χ4v) is 2.58. The Hall–Kier alpha value is -2.57. The Morgan fingerprint density at radius 3 is 2.60 bits per heavy atom. The van der Waals surface area contributed by atoms with Gasteiger partial charge in [0, 0.05) is 30.8 Å². The van der Waals surface area contributed by atoms with Crippen LogP contribution < -0.4 is 5.43 Å². The molecular formula is C19H20FN3O2. The Kier molecular flexibility index (Phi) is 5.87. The topological polar surface area (TPSA) is 53.9 Å². The molecule has 25 heavy (non-hydrogen) atoms. The van der Waals surface area contributed by atoms with E-state index in [4.69, 9.17) is 4.74 Å². The van der Waals surface area contributed by atoms with Crippen molar-refractivity contribution in [2.45, 2.75) is 6.54 Å². The largest absolute Gasteiger partial charge is 0.379 e. The van der Waals surface area contributed by atoms with E-state index in [9.17, 15) is 9.18 Å². The van der Waals surface area contributed by atoms with Crippen molar-refractivity contribution in [1.29, 1.82) is 0 Å². The van der Waals surface area contributed by atoms with Crippen LogP contribution in [0.4, 0.5) is 4.39 Å². The van der Waals surface area contributed by atoms with E-state index in [1.54, 1.807) is 30.3 Å². The van der Waals surface area contributed by atoms with Gasteiger partial charge in [-0.3, -0.25) is 9.69 Å². The van der Waals surface area contributed by atoms with Gasteiger partial charge in [-0.25, -0.2) is 9.82 Å². The number of carbonyl (C=O) groups excluding carboxylic acids is 1. The number of amides is 1. The Bertz CT molecular complexity index is 741. The summed E-state index contributed by atoms with van der Waals surface area (Å²) in [6, 6.07) is 13.6. The summed E-state index contributed by atoms with van der Waals surface area (Å²) >= 11 is 0. The molecule has 2 aromatic carbocycles. The lowest BCUT2D eigenvalue weighted by molar-refractivity contribution is 0.0342. The molecule has 1 fully saturated rings. The first-order valence-corrected chi connectivity index (χ1v) is 8.19. The van der Waals surface area contributed by atoms with Crippen LogP contribution in [0.3, 0.4) is 0 Å². The second kappa shape index (κ2) is 8.50. The van der Waals surface area contributed by atoms with Gasteiger partial charge in [-0.05, 0) is 23.8 Å². The van der Waals surface area contributed by atoms with Gasteiger partial charge < -0.3 is 4.74 Å². The summed E-state index contributed by atoms with van der Waals surface area (Å²) in [6.45, 7) is 4.22. The lowest BCUT2D eigenvalue weighted by Crippen LogP contribution is -2.35. The number of morpholine rings is 1. The van der Waals surface area contributed by atoms with E-state index >= 15 is 0 Å². The summed E-state index contributed by atoms with van der Waals surface area (Å²) in [5.41, 5.74) is 4.39. The predicted molar refractivity (Wildman–Crippen MR) is 94.0 cm³/mol. The summed E-state index contributed by atoms with van der Waals surface area (Å²) in [6.07, 6.45) is 1.29. The number of hydrazone groups is 1. The molecule has 5 nitrogen and oxygen atoms in total. The van der Waals surface area contributed by atoms with Gasteiger partial charge in [0.05, 0.1) is 19.4 Å². The molecular weight excluding hydrogens is 321 g/mol. The normalized spacial score (nSPS) is 15.4. The van der Waals surface area contributed by atoms with Gasteiger partial charge in [0.15, 0.2) is 0 Å². The average Bonchev–Trinajstić information content (AvgIpc) is 2.65. The van der Waals surface area contributed by atoms with Gasteiger partial charge in [0.25, 0.3) is 5.91 Å². The minimum Gasteiger partial charge on any atom is -0.379 e. The molecule has 0 atom stereocenters. The molecule has 0 aromatic heterocycles. The summed E-state index contributed by atoms with van der Waals surface area (Å²) in [5, 5.41) is 3.81. The lowest BCUT2D eigenvalue weighted by Gasteiger charge is -2.26. The third kappa shape index (κ3) is 4.95. The number of benzene rings is 2. The Morgan fingerprint density at radius 2 is 1.88 bits per heavy atom. The molecule has 0 aliphatic carbocycles. The maximum Gasteiger partial charge on any atom is 0.271 e. The number of hydrogen-bond donors (Lipinski definition) is 1. The van der Waals surface area contributed by atoms with Crippen LogP contribution in [-0.2, 0) is 11.3 Å². The van der Waals surface area contributed by atoms with Crippen molar-refractivity contribution in [1.82, 2.24) is 10.3 Å². The first-order valence-electron chi connectivity index (χ1n) is 8.19. The van der Waals surface area contributed by atoms with Crippen molar-refractivity contribution in [2.24, 2.45) is 5.10 Å². The highest BCUT2D eigenvalue weighted by Gasteiger charge is 2.11. The SMILES string of the molecule is O=C(N/N=C/c1ccccc1F)c1ccc(CN2CCOCC2)cc1. The van der Waals surface area contributed by atoms with Crippen molar-refractivity contribution < 1.29 is 13.9 Å². The van der Waals surface area contributed by atoms with E-state index in [0.717, 1.165) is 38.4 Å². The minimum atomic E-state index is -0.382. The number of nitrogens with one attached hydrogen (secondary N) is 1. The second-order valence-corrected chi connectivity index (χ2v) is 5.81. The number of rotatable bonds is 5. The maximum absolute atomic E-state index is 13.5. The molecule has 6 heteroatoms. The molecule has 0 bridgehead atoms. The van der Waals surface area contributed by atoms with E-state index in [0.29, 0.717) is 11.1 Å². The lowest BCUT2D eigenvalue weighted by atomic mass is 10.1. The molecule has 0 unspecified atom stereocenters. The molecule has 0 saturated carbocycles. The van der Waals surface area contributed by atoms with Gasteiger partial charge in [-0.2, -0.15) is 5.10 Å². The molecule has 1 saturated heterocycles. The molecule has 1 heterocycles. The molecule has 3 rings (SSSR count). The number of nitrogens with zero attached hydrogens (tertiary/aromatic N) is 2. The number of ether oxygens (including phenoxy) is 1. The summed E-state index contributed by atoms with van der Waals surface area (Å²) in [4.78, 5) is 14.4. The van der Waals surface area contributed by atoms with E-state index in [2.05, 4.69) is 15.4 Å². The minimum absolute atomic E-state index is 0.323. The highest BCUT2D eigenvalue weighted by molar-refractivity contribution is 5.94. The van der Waals surface area contributed by atoms with Crippen LogP contribution in [0, 0.1) is 5.82 Å². The molecule has 130 valence electrons. The highest BCUT2D eigenvalue weighted by atomic mass is 19.1. The Labute approximate surface area is 146 Å². The van der Waals surface area contributed by atoms with Crippen LogP contribution in [0.25, 0.3) is 0 Å². The number of hydrogen-bond acceptors (Lipinski definition) is 4. The molecule has 1 aliphatic rings. The van der Waals surface area contributed by atoms with Crippen LogP contribution in [0.2, 0.25) is 0 Å². The third-order valence-electron chi connectivity index (χ3n) is 4.00. The van der Waals surface area contributed by atoms with Crippen LogP contribution in [-0.4, -0.2) is 43.3 Å². The van der Waals surface area contributed by atoms with Crippen molar-refractivity contribution in [2.75, 3.05) is 26.3 Å². The van der Waals surface area contributed by atoms with Crippen LogP contribution in [0.1, 0.15) is 21.5 Å². The van der Waals surface area contributed by atoms with E-state index in [1.165, 1.54) is 12.3 Å². The van der Waals surface area contributed by atoms with Crippen molar-refractivity contribution >= 4 is 12.1 Å². The van der Waals surface area contributed by atoms with Gasteiger partial charge >= 0.3 is 0 Å². The van der Waals surface area contributed by atoms with Crippen molar-refractivity contribution in [3.63, 3.8) is 0 Å². The molecule has 1 amide bonds. The summed E-state index contributed by atoms with van der Waals surface area (Å²) in [7, 11) is 0. The van der Waals surface area contributed by atoms with Gasteiger partial charge in [0.2, 0.25) is 0 Å². The molecule has 2 aromatic rings. The number of carbonyl (C=O) groups is 1. The van der Waals surface area contributed by atoms with Gasteiger partial charge in [0.1, 0.15) is 5.82 Å². The number of halogens is 1. The average molecular weight is 341 g/mol. The fraction of sp³-hybridized carbons (Fsp3) is 0.263. The zero-order chi connectivity index (χ0) is 17.5. The zero-order valence-electron chi connectivity index (χ0n) is 13.8. The molecule has 0 radical (unpaired) electrons. The Balaban J connectivity index is 1.54. The van der Waals surface area contributed by atoms with Gasteiger partial charge in [-0.1, -0.05) is 30.3 Å². The van der Waals surface area contributed by atoms with Crippen molar-refractivity contribution in [3.05, 3.63) is 71.0 Å². The van der Waals surface area contributed by atoms with E-state index in [-0.39, 0.29) is 11.7 Å². The Morgan fingerprint density at radius 1 is 1.16 bits per heavy atom. The maximum atomic E-state index is 13.5. The van der Waals surface area contributed by atoms with Crippen LogP contribution in [0.15, 0.2) is 53.6 Å². The standard InChI is InChI=1S/C19H20FN3O2/c20-18-4-2-1-3-17(18)13-21-22-19(24)16-7-5-15(6-8-16)14-23-9-11-25-12-10-23/h1-8,13H,9-12,14H2,(H,22,24)/b21-13+. The quantitative estimate of drug-likeness (QED) is 0.671. The second-order valence-electron chi connectivity index (χ2n) is 5.81. The van der Waals surface area contributed by atoms with Crippen LogP contribution in [0.5, 0.6) is 0 Å². The van der Waals surface area contributed by atoms with Gasteiger partial charge in [-0.15, -0.1) is 0 Å². The van der Waals surface area contributed by atoms with Crippen molar-refractivity contribution in [3.8, 4) is 0 Å². The monoisotopic (exact) mass is 341 g/mol. The van der Waals surface area contributed by atoms with Crippen LogP contribution >= 0.6 is 0 Å².